The zero-order chi connectivity index (χ0) is 23.4. The molecule has 33 heavy (non-hydrogen) atoms. The SMILES string of the molecule is CS(=O)(=O)N1CCc2cc(C(=O)N3CCc4cc(S(=O)(=O)N5CCCCC5)ccc43)ccc21. The fourth-order valence-corrected chi connectivity index (χ4v) is 7.54. The van der Waals surface area contributed by atoms with Gasteiger partial charge < -0.3 is 4.90 Å². The third-order valence-electron chi connectivity index (χ3n) is 6.72. The Morgan fingerprint density at radius 3 is 2.18 bits per heavy atom. The summed E-state index contributed by atoms with van der Waals surface area (Å²) in [5.41, 5.74) is 3.56. The van der Waals surface area contributed by atoms with Crippen LogP contribution in [0.4, 0.5) is 11.4 Å². The summed E-state index contributed by atoms with van der Waals surface area (Å²) in [6.07, 6.45) is 5.17. The second-order valence-corrected chi connectivity index (χ2v) is 12.7. The third-order valence-corrected chi connectivity index (χ3v) is 9.80. The Bertz CT molecular complexity index is 1330. The molecular formula is C23H27N3O5S2. The normalized spacial score (nSPS) is 18.9. The first-order chi connectivity index (χ1) is 15.7. The molecule has 2 aromatic carbocycles. The maximum atomic E-state index is 13.3. The average molecular weight is 490 g/mol. The number of sulfonamides is 2. The summed E-state index contributed by atoms with van der Waals surface area (Å²) in [4.78, 5) is 15.3. The van der Waals surface area contributed by atoms with Crippen LogP contribution in [-0.2, 0) is 32.9 Å². The lowest BCUT2D eigenvalue weighted by atomic mass is 10.1. The summed E-state index contributed by atoms with van der Waals surface area (Å²) in [5.74, 6) is -0.166. The Balaban J connectivity index is 1.40. The number of carbonyl (C=O) groups excluding carboxylic acids is 1. The van der Waals surface area contributed by atoms with Gasteiger partial charge in [0.1, 0.15) is 0 Å². The van der Waals surface area contributed by atoms with Gasteiger partial charge in [0, 0.05) is 37.4 Å². The molecule has 3 heterocycles. The second kappa shape index (κ2) is 8.11. The molecule has 0 saturated carbocycles. The Labute approximate surface area is 194 Å². The van der Waals surface area contributed by atoms with Crippen molar-refractivity contribution in [3.63, 3.8) is 0 Å². The molecule has 2 aromatic rings. The van der Waals surface area contributed by atoms with Crippen LogP contribution in [0, 0.1) is 0 Å². The fourth-order valence-electron chi connectivity index (χ4n) is 5.01. The van der Waals surface area contributed by atoms with E-state index in [2.05, 4.69) is 0 Å². The molecule has 0 radical (unpaired) electrons. The first-order valence-electron chi connectivity index (χ1n) is 11.2. The van der Waals surface area contributed by atoms with Crippen LogP contribution < -0.4 is 9.21 Å². The van der Waals surface area contributed by atoms with Gasteiger partial charge in [0.05, 0.1) is 16.8 Å². The van der Waals surface area contributed by atoms with Crippen molar-refractivity contribution in [3.05, 3.63) is 53.1 Å². The molecule has 3 aliphatic rings. The van der Waals surface area contributed by atoms with Crippen molar-refractivity contribution in [1.82, 2.24) is 4.31 Å². The minimum atomic E-state index is -3.52. The minimum absolute atomic E-state index is 0.166. The van der Waals surface area contributed by atoms with Gasteiger partial charge in [-0.05, 0) is 73.2 Å². The number of rotatable bonds is 4. The van der Waals surface area contributed by atoms with Gasteiger partial charge in [0.2, 0.25) is 20.0 Å². The Kier molecular flexibility index (Phi) is 5.49. The summed E-state index contributed by atoms with van der Waals surface area (Å²) in [6.45, 7) is 1.97. The van der Waals surface area contributed by atoms with Crippen LogP contribution >= 0.6 is 0 Å². The highest BCUT2D eigenvalue weighted by Crippen LogP contribution is 2.35. The molecule has 176 valence electrons. The van der Waals surface area contributed by atoms with Gasteiger partial charge in [-0.25, -0.2) is 16.8 Å². The highest BCUT2D eigenvalue weighted by atomic mass is 32.2. The molecule has 10 heteroatoms. The molecule has 0 bridgehead atoms. The topological polar surface area (TPSA) is 95.1 Å². The Morgan fingerprint density at radius 1 is 0.788 bits per heavy atom. The van der Waals surface area contributed by atoms with Crippen molar-refractivity contribution in [3.8, 4) is 0 Å². The van der Waals surface area contributed by atoms with E-state index < -0.39 is 20.0 Å². The number of carbonyl (C=O) groups is 1. The lowest BCUT2D eigenvalue weighted by Gasteiger charge is -2.26. The molecule has 0 spiro atoms. The summed E-state index contributed by atoms with van der Waals surface area (Å²) < 4.78 is 52.9. The third kappa shape index (κ3) is 3.94. The van der Waals surface area contributed by atoms with Gasteiger partial charge in [0.25, 0.3) is 5.91 Å². The predicted octanol–water partition coefficient (Wildman–Crippen LogP) is 2.39. The van der Waals surface area contributed by atoms with Crippen LogP contribution in [0.2, 0.25) is 0 Å². The van der Waals surface area contributed by atoms with Crippen LogP contribution in [0.1, 0.15) is 40.7 Å². The second-order valence-electron chi connectivity index (χ2n) is 8.89. The quantitative estimate of drug-likeness (QED) is 0.657. The molecule has 1 fully saturated rings. The van der Waals surface area contributed by atoms with Gasteiger partial charge in [-0.15, -0.1) is 0 Å². The number of amides is 1. The molecule has 8 nitrogen and oxygen atoms in total. The fraction of sp³-hybridized carbons (Fsp3) is 0.435. The maximum Gasteiger partial charge on any atom is 0.258 e. The molecule has 0 unspecified atom stereocenters. The number of hydrogen-bond acceptors (Lipinski definition) is 5. The van der Waals surface area contributed by atoms with E-state index in [1.807, 2.05) is 0 Å². The molecule has 1 amide bonds. The van der Waals surface area contributed by atoms with Crippen LogP contribution in [0.15, 0.2) is 41.3 Å². The van der Waals surface area contributed by atoms with Gasteiger partial charge in [-0.2, -0.15) is 4.31 Å². The summed E-state index contributed by atoms with van der Waals surface area (Å²) in [6, 6.07) is 10.2. The smallest absolute Gasteiger partial charge is 0.258 e. The first kappa shape index (κ1) is 22.4. The van der Waals surface area contributed by atoms with E-state index in [9.17, 15) is 21.6 Å². The summed E-state index contributed by atoms with van der Waals surface area (Å²) in [5, 5.41) is 0. The highest BCUT2D eigenvalue weighted by molar-refractivity contribution is 7.92. The predicted molar refractivity (Wildman–Crippen MR) is 127 cm³/mol. The van der Waals surface area contributed by atoms with E-state index >= 15 is 0 Å². The van der Waals surface area contributed by atoms with E-state index in [4.69, 9.17) is 0 Å². The zero-order valence-corrected chi connectivity index (χ0v) is 20.2. The molecular weight excluding hydrogens is 462 g/mol. The molecule has 5 rings (SSSR count). The van der Waals surface area contributed by atoms with Crippen LogP contribution in [0.3, 0.4) is 0 Å². The molecule has 0 aliphatic carbocycles. The lowest BCUT2D eigenvalue weighted by molar-refractivity contribution is 0.0989. The van der Waals surface area contributed by atoms with Gasteiger partial charge in [-0.3, -0.25) is 9.10 Å². The van der Waals surface area contributed by atoms with Crippen molar-refractivity contribution in [2.75, 3.05) is 41.6 Å². The Hall–Kier alpha value is -2.43. The van der Waals surface area contributed by atoms with Crippen molar-refractivity contribution < 1.29 is 21.6 Å². The van der Waals surface area contributed by atoms with E-state index in [1.165, 1.54) is 10.6 Å². The molecule has 1 saturated heterocycles. The number of nitrogens with zero attached hydrogens (tertiary/aromatic N) is 3. The molecule has 0 aromatic heterocycles. The average Bonchev–Trinajstić information content (AvgIpc) is 3.42. The van der Waals surface area contributed by atoms with Crippen LogP contribution in [0.25, 0.3) is 0 Å². The van der Waals surface area contributed by atoms with Crippen LogP contribution in [-0.4, -0.2) is 59.5 Å². The van der Waals surface area contributed by atoms with Gasteiger partial charge in [0.15, 0.2) is 0 Å². The standard InChI is InChI=1S/C23H27N3O5S2/c1-32(28,29)26-14-10-17-15-19(5-7-22(17)26)23(27)25-13-9-18-16-20(6-8-21(18)25)33(30,31)24-11-3-2-4-12-24/h5-8,15-16H,2-4,9-14H2,1H3. The maximum absolute atomic E-state index is 13.3. The monoisotopic (exact) mass is 489 g/mol. The number of anilines is 2. The minimum Gasteiger partial charge on any atom is -0.308 e. The highest BCUT2D eigenvalue weighted by Gasteiger charge is 2.32. The zero-order valence-electron chi connectivity index (χ0n) is 18.5. The largest absolute Gasteiger partial charge is 0.308 e. The van der Waals surface area contributed by atoms with Gasteiger partial charge >= 0.3 is 0 Å². The van der Waals surface area contributed by atoms with Gasteiger partial charge in [-0.1, -0.05) is 6.42 Å². The summed E-state index contributed by atoms with van der Waals surface area (Å²) in [7, 11) is -6.87. The van der Waals surface area contributed by atoms with Crippen molar-refractivity contribution in [2.45, 2.75) is 37.0 Å². The number of hydrogen-bond donors (Lipinski definition) is 0. The van der Waals surface area contributed by atoms with E-state index in [0.717, 1.165) is 36.1 Å². The van der Waals surface area contributed by atoms with E-state index in [1.54, 1.807) is 45.6 Å². The molecule has 0 atom stereocenters. The van der Waals surface area contributed by atoms with E-state index in [-0.39, 0.29) is 10.8 Å². The van der Waals surface area contributed by atoms with Crippen LogP contribution in [0.5, 0.6) is 0 Å². The summed E-state index contributed by atoms with van der Waals surface area (Å²) >= 11 is 0. The lowest BCUT2D eigenvalue weighted by Crippen LogP contribution is -2.35. The number of fused-ring (bicyclic) bond motifs is 2. The van der Waals surface area contributed by atoms with Crippen molar-refractivity contribution in [2.24, 2.45) is 0 Å². The Morgan fingerprint density at radius 2 is 1.45 bits per heavy atom. The first-order valence-corrected chi connectivity index (χ1v) is 14.5. The van der Waals surface area contributed by atoms with Crippen molar-refractivity contribution in [1.29, 1.82) is 0 Å². The van der Waals surface area contributed by atoms with E-state index in [0.29, 0.717) is 50.3 Å². The molecule has 0 N–H and O–H groups in total. The van der Waals surface area contributed by atoms with Crippen molar-refractivity contribution >= 4 is 37.3 Å². The molecule has 3 aliphatic heterocycles. The number of piperidine rings is 1. The number of benzene rings is 2.